The Morgan fingerprint density at radius 1 is 1.00 bits per heavy atom. The zero-order valence-electron chi connectivity index (χ0n) is 11.4. The summed E-state index contributed by atoms with van der Waals surface area (Å²) in [5.74, 6) is 1.66. The second-order valence-electron chi connectivity index (χ2n) is 4.51. The lowest BCUT2D eigenvalue weighted by molar-refractivity contribution is 0.264. The number of hydrogen-bond donors (Lipinski definition) is 1. The molecular formula is C16H15N3O2. The van der Waals surface area contributed by atoms with Crippen LogP contribution in [0.3, 0.4) is 0 Å². The van der Waals surface area contributed by atoms with Crippen LogP contribution in [-0.4, -0.2) is 10.2 Å². The SMILES string of the molecule is NCc1cccc(OCc2nnc(-c3ccccc3)o2)c1. The van der Waals surface area contributed by atoms with Crippen molar-refractivity contribution in [1.82, 2.24) is 10.2 Å². The molecule has 0 bridgehead atoms. The number of ether oxygens (including phenoxy) is 1. The molecule has 1 aromatic heterocycles. The van der Waals surface area contributed by atoms with Gasteiger partial charge in [0.1, 0.15) is 5.75 Å². The molecule has 2 aromatic carbocycles. The van der Waals surface area contributed by atoms with E-state index in [-0.39, 0.29) is 6.61 Å². The summed E-state index contributed by atoms with van der Waals surface area (Å²) in [6.45, 7) is 0.712. The van der Waals surface area contributed by atoms with E-state index in [4.69, 9.17) is 14.9 Å². The average molecular weight is 281 g/mol. The van der Waals surface area contributed by atoms with Gasteiger partial charge in [0.2, 0.25) is 5.89 Å². The van der Waals surface area contributed by atoms with E-state index in [9.17, 15) is 0 Å². The fourth-order valence-electron chi connectivity index (χ4n) is 1.92. The standard InChI is InChI=1S/C16H15N3O2/c17-10-12-5-4-8-14(9-12)20-11-15-18-19-16(21-15)13-6-2-1-3-7-13/h1-9H,10-11,17H2. The molecule has 5 nitrogen and oxygen atoms in total. The molecule has 21 heavy (non-hydrogen) atoms. The minimum absolute atomic E-state index is 0.230. The Balaban J connectivity index is 1.67. The van der Waals surface area contributed by atoms with Gasteiger partial charge in [-0.3, -0.25) is 0 Å². The minimum Gasteiger partial charge on any atom is -0.484 e. The second-order valence-corrected chi connectivity index (χ2v) is 4.51. The summed E-state index contributed by atoms with van der Waals surface area (Å²) >= 11 is 0. The van der Waals surface area contributed by atoms with Crippen molar-refractivity contribution in [2.75, 3.05) is 0 Å². The van der Waals surface area contributed by atoms with Gasteiger partial charge >= 0.3 is 0 Å². The summed E-state index contributed by atoms with van der Waals surface area (Å²) in [7, 11) is 0. The van der Waals surface area contributed by atoms with Gasteiger partial charge in [-0.25, -0.2) is 0 Å². The van der Waals surface area contributed by atoms with E-state index in [2.05, 4.69) is 10.2 Å². The minimum atomic E-state index is 0.230. The molecule has 106 valence electrons. The van der Waals surface area contributed by atoms with Gasteiger partial charge in [0.05, 0.1) is 0 Å². The highest BCUT2D eigenvalue weighted by Crippen LogP contribution is 2.18. The summed E-state index contributed by atoms with van der Waals surface area (Å²) in [6, 6.07) is 17.2. The van der Waals surface area contributed by atoms with Crippen molar-refractivity contribution in [3.05, 3.63) is 66.1 Å². The lowest BCUT2D eigenvalue weighted by Crippen LogP contribution is -1.99. The number of aromatic nitrogens is 2. The lowest BCUT2D eigenvalue weighted by Gasteiger charge is -2.04. The maximum atomic E-state index is 5.63. The van der Waals surface area contributed by atoms with E-state index < -0.39 is 0 Å². The Kier molecular flexibility index (Phi) is 3.93. The zero-order valence-corrected chi connectivity index (χ0v) is 11.4. The fraction of sp³-hybridized carbons (Fsp3) is 0.125. The molecule has 5 heteroatoms. The van der Waals surface area contributed by atoms with Crippen LogP contribution in [0.1, 0.15) is 11.5 Å². The zero-order chi connectivity index (χ0) is 14.5. The van der Waals surface area contributed by atoms with Crippen LogP contribution in [0.5, 0.6) is 5.75 Å². The molecule has 0 saturated carbocycles. The first-order valence-corrected chi connectivity index (χ1v) is 6.65. The molecule has 2 N–H and O–H groups in total. The van der Waals surface area contributed by atoms with Crippen LogP contribution in [0.25, 0.3) is 11.5 Å². The average Bonchev–Trinajstić information content (AvgIpc) is 3.03. The van der Waals surface area contributed by atoms with Crippen LogP contribution in [0.15, 0.2) is 59.0 Å². The van der Waals surface area contributed by atoms with Gasteiger partial charge in [-0.2, -0.15) is 0 Å². The van der Waals surface area contributed by atoms with Crippen LogP contribution >= 0.6 is 0 Å². The molecule has 0 saturated heterocycles. The molecule has 0 aliphatic carbocycles. The topological polar surface area (TPSA) is 74.2 Å². The van der Waals surface area contributed by atoms with Crippen molar-refractivity contribution in [3.63, 3.8) is 0 Å². The third-order valence-corrected chi connectivity index (χ3v) is 2.98. The number of benzene rings is 2. The smallest absolute Gasteiger partial charge is 0.254 e. The number of nitrogens with two attached hydrogens (primary N) is 1. The Hall–Kier alpha value is -2.66. The first-order valence-electron chi connectivity index (χ1n) is 6.65. The molecule has 0 aliphatic heterocycles. The number of hydrogen-bond acceptors (Lipinski definition) is 5. The van der Waals surface area contributed by atoms with Crippen LogP contribution in [0.2, 0.25) is 0 Å². The lowest BCUT2D eigenvalue weighted by atomic mass is 10.2. The van der Waals surface area contributed by atoms with Gasteiger partial charge in [-0.05, 0) is 29.8 Å². The third kappa shape index (κ3) is 3.27. The Labute approximate surface area is 122 Å². The highest BCUT2D eigenvalue weighted by molar-refractivity contribution is 5.51. The molecule has 0 radical (unpaired) electrons. The number of nitrogens with zero attached hydrogens (tertiary/aromatic N) is 2. The summed E-state index contributed by atoms with van der Waals surface area (Å²) < 4.78 is 11.2. The molecule has 1 heterocycles. The normalized spacial score (nSPS) is 10.5. The van der Waals surface area contributed by atoms with E-state index in [0.717, 1.165) is 16.9 Å². The quantitative estimate of drug-likeness (QED) is 0.778. The van der Waals surface area contributed by atoms with E-state index in [1.165, 1.54) is 0 Å². The van der Waals surface area contributed by atoms with Gasteiger partial charge in [-0.1, -0.05) is 30.3 Å². The van der Waals surface area contributed by atoms with E-state index in [0.29, 0.717) is 18.3 Å². The predicted molar refractivity (Wildman–Crippen MR) is 78.4 cm³/mol. The van der Waals surface area contributed by atoms with Crippen molar-refractivity contribution in [2.24, 2.45) is 5.73 Å². The van der Waals surface area contributed by atoms with Gasteiger partial charge < -0.3 is 14.9 Å². The highest BCUT2D eigenvalue weighted by Gasteiger charge is 2.08. The molecule has 3 aromatic rings. The van der Waals surface area contributed by atoms with Crippen molar-refractivity contribution in [2.45, 2.75) is 13.2 Å². The third-order valence-electron chi connectivity index (χ3n) is 2.98. The summed E-state index contributed by atoms with van der Waals surface area (Å²) in [5.41, 5.74) is 7.50. The maximum absolute atomic E-state index is 5.63. The van der Waals surface area contributed by atoms with E-state index >= 15 is 0 Å². The first-order chi connectivity index (χ1) is 10.3. The summed E-state index contributed by atoms with van der Waals surface area (Å²) in [5, 5.41) is 8.00. The highest BCUT2D eigenvalue weighted by atomic mass is 16.5. The number of rotatable bonds is 5. The van der Waals surface area contributed by atoms with Gasteiger partial charge in [0, 0.05) is 12.1 Å². The molecule has 0 amide bonds. The molecule has 0 spiro atoms. The molecular weight excluding hydrogens is 266 g/mol. The predicted octanol–water partition coefficient (Wildman–Crippen LogP) is 2.77. The largest absolute Gasteiger partial charge is 0.484 e. The second kappa shape index (κ2) is 6.19. The Morgan fingerprint density at radius 3 is 2.67 bits per heavy atom. The van der Waals surface area contributed by atoms with Gasteiger partial charge in [0.15, 0.2) is 6.61 Å². The summed E-state index contributed by atoms with van der Waals surface area (Å²) in [6.07, 6.45) is 0. The maximum Gasteiger partial charge on any atom is 0.254 e. The fourth-order valence-corrected chi connectivity index (χ4v) is 1.92. The van der Waals surface area contributed by atoms with Crippen molar-refractivity contribution < 1.29 is 9.15 Å². The van der Waals surface area contributed by atoms with Crippen molar-refractivity contribution in [1.29, 1.82) is 0 Å². The van der Waals surface area contributed by atoms with E-state index in [1.54, 1.807) is 0 Å². The summed E-state index contributed by atoms with van der Waals surface area (Å²) in [4.78, 5) is 0. The van der Waals surface area contributed by atoms with Gasteiger partial charge in [0.25, 0.3) is 5.89 Å². The van der Waals surface area contributed by atoms with Crippen molar-refractivity contribution >= 4 is 0 Å². The Bertz CT molecular complexity index is 710. The van der Waals surface area contributed by atoms with Crippen LogP contribution < -0.4 is 10.5 Å². The molecule has 0 aliphatic rings. The van der Waals surface area contributed by atoms with Crippen LogP contribution in [-0.2, 0) is 13.2 Å². The van der Waals surface area contributed by atoms with Crippen molar-refractivity contribution in [3.8, 4) is 17.2 Å². The van der Waals surface area contributed by atoms with E-state index in [1.807, 2.05) is 54.6 Å². The molecule has 3 rings (SSSR count). The first kappa shape index (κ1) is 13.3. The monoisotopic (exact) mass is 281 g/mol. The molecule has 0 fully saturated rings. The molecule has 0 atom stereocenters. The van der Waals surface area contributed by atoms with Crippen LogP contribution in [0, 0.1) is 0 Å². The van der Waals surface area contributed by atoms with Crippen LogP contribution in [0.4, 0.5) is 0 Å². The Morgan fingerprint density at radius 2 is 1.86 bits per heavy atom. The molecule has 0 unspecified atom stereocenters. The van der Waals surface area contributed by atoms with Gasteiger partial charge in [-0.15, -0.1) is 10.2 Å².